The second kappa shape index (κ2) is 21.1. The Kier molecular flexibility index (Phi) is 12.9. The summed E-state index contributed by atoms with van der Waals surface area (Å²) in [7, 11) is 0. The summed E-state index contributed by atoms with van der Waals surface area (Å²) in [5.74, 6) is 0. The van der Waals surface area contributed by atoms with Crippen molar-refractivity contribution in [3.8, 4) is 44.8 Å². The maximum absolute atomic E-state index is 2.72. The zero-order valence-electron chi connectivity index (χ0n) is 51.9. The number of fused-ring (bicyclic) bond motifs is 10. The van der Waals surface area contributed by atoms with E-state index in [2.05, 4.69) is 334 Å². The summed E-state index contributed by atoms with van der Waals surface area (Å²) in [6, 6.07) is 101. The van der Waals surface area contributed by atoms with Crippen molar-refractivity contribution >= 4 is 101 Å². The number of aryl methyl sites for hydroxylation is 1. The van der Waals surface area contributed by atoms with E-state index in [0.29, 0.717) is 0 Å². The second-order valence-electron chi connectivity index (χ2n) is 26.7. The van der Waals surface area contributed by atoms with E-state index < -0.39 is 0 Å². The van der Waals surface area contributed by atoms with Crippen LogP contribution in [0.5, 0.6) is 0 Å². The molecule has 0 fully saturated rings. The Morgan fingerprint density at radius 1 is 0.337 bits per heavy atom. The molecule has 0 N–H and O–H groups in total. The van der Waals surface area contributed by atoms with Crippen molar-refractivity contribution in [3.05, 3.63) is 284 Å². The Bertz CT molecular complexity index is 4930. The van der Waals surface area contributed by atoms with Crippen LogP contribution in [0.1, 0.15) is 78.0 Å². The number of hydrogen-bond acceptors (Lipinski definition) is 2. The molecule has 16 rings (SSSR count). The van der Waals surface area contributed by atoms with Crippen LogP contribution in [0.3, 0.4) is 0 Å². The summed E-state index contributed by atoms with van der Waals surface area (Å²) in [6.07, 6.45) is 3.12. The van der Waals surface area contributed by atoms with Crippen LogP contribution in [0.15, 0.2) is 267 Å². The van der Waals surface area contributed by atoms with Gasteiger partial charge in [-0.05, 0) is 158 Å². The van der Waals surface area contributed by atoms with Crippen LogP contribution < -0.4 is 26.2 Å². The van der Waals surface area contributed by atoms with Crippen molar-refractivity contribution in [2.45, 2.75) is 78.6 Å². The van der Waals surface area contributed by atoms with Crippen molar-refractivity contribution in [2.75, 3.05) is 9.80 Å². The predicted octanol–water partition coefficient (Wildman–Crippen LogP) is 20.9. The SMILES string of the molecule is CCCCc1ccc(-c2ccccc2)cc1N1c2cc(-n3c4ccccc4c4ccccc43)ccc2B2c3ccc(-n4c5ccccc5c5ccccc54)cc3N(c3c(-c4ccccc4)cc(C(C)(C)C)cc3-c3ccccc3)c3cc(C(C)(C)C)cc1c32. The van der Waals surface area contributed by atoms with Gasteiger partial charge in [0.2, 0.25) is 0 Å². The lowest BCUT2D eigenvalue weighted by Gasteiger charge is -2.46. The molecule has 2 aliphatic rings. The molecule has 0 bridgehead atoms. The highest BCUT2D eigenvalue weighted by molar-refractivity contribution is 7.00. The molecule has 5 heteroatoms. The number of hydrogen-bond donors (Lipinski definition) is 0. The van der Waals surface area contributed by atoms with Gasteiger partial charge in [0.25, 0.3) is 6.71 Å². The van der Waals surface area contributed by atoms with Crippen LogP contribution >= 0.6 is 0 Å². The molecule has 12 aromatic carbocycles. The van der Waals surface area contributed by atoms with Crippen molar-refractivity contribution < 1.29 is 0 Å². The fourth-order valence-corrected chi connectivity index (χ4v) is 14.7. The van der Waals surface area contributed by atoms with Gasteiger partial charge in [-0.1, -0.05) is 243 Å². The van der Waals surface area contributed by atoms with Crippen LogP contribution in [0.25, 0.3) is 88.4 Å². The smallest absolute Gasteiger partial charge is 0.252 e. The maximum Gasteiger partial charge on any atom is 0.252 e. The lowest BCUT2D eigenvalue weighted by molar-refractivity contribution is 0.590. The number of rotatable bonds is 10. The molecule has 0 amide bonds. The summed E-state index contributed by atoms with van der Waals surface area (Å²) < 4.78 is 5.00. The quantitative estimate of drug-likeness (QED) is 0.127. The molecular weight excluding hydrogens is 1080 g/mol. The molecule has 14 aromatic rings. The molecule has 2 aliphatic heterocycles. The van der Waals surface area contributed by atoms with Crippen molar-refractivity contribution in [1.29, 1.82) is 0 Å². The Balaban J connectivity index is 1.08. The average Bonchev–Trinajstić information content (AvgIpc) is 1.20. The Morgan fingerprint density at radius 2 is 0.742 bits per heavy atom. The summed E-state index contributed by atoms with van der Waals surface area (Å²) >= 11 is 0. The highest BCUT2D eigenvalue weighted by Gasteiger charge is 2.46. The van der Waals surface area contributed by atoms with E-state index in [-0.39, 0.29) is 17.5 Å². The largest absolute Gasteiger partial charge is 0.311 e. The van der Waals surface area contributed by atoms with Gasteiger partial charge < -0.3 is 18.9 Å². The molecule has 0 spiro atoms. The van der Waals surface area contributed by atoms with Gasteiger partial charge in [-0.25, -0.2) is 0 Å². The Hall–Kier alpha value is -10.1. The topological polar surface area (TPSA) is 16.3 Å². The van der Waals surface area contributed by atoms with Crippen LogP contribution in [-0.4, -0.2) is 15.8 Å². The lowest BCUT2D eigenvalue weighted by Crippen LogP contribution is -2.61. The summed E-state index contributed by atoms with van der Waals surface area (Å²) in [4.78, 5) is 5.44. The van der Waals surface area contributed by atoms with Crippen molar-refractivity contribution in [1.82, 2.24) is 9.13 Å². The van der Waals surface area contributed by atoms with Gasteiger partial charge in [0.1, 0.15) is 0 Å². The van der Waals surface area contributed by atoms with E-state index in [1.54, 1.807) is 0 Å². The van der Waals surface area contributed by atoms with Gasteiger partial charge in [-0.3, -0.25) is 0 Å². The minimum Gasteiger partial charge on any atom is -0.311 e. The van der Waals surface area contributed by atoms with Crippen LogP contribution in [0.2, 0.25) is 0 Å². The average molecular weight is 1150 g/mol. The second-order valence-corrected chi connectivity index (χ2v) is 26.7. The first-order chi connectivity index (χ1) is 43.4. The minimum absolute atomic E-state index is 0.155. The third-order valence-corrected chi connectivity index (χ3v) is 19.2. The molecule has 0 radical (unpaired) electrons. The highest BCUT2D eigenvalue weighted by atomic mass is 15.2. The number of para-hydroxylation sites is 4. The minimum atomic E-state index is -0.258. The van der Waals surface area contributed by atoms with Gasteiger partial charge >= 0.3 is 0 Å². The van der Waals surface area contributed by atoms with Crippen molar-refractivity contribution in [3.63, 3.8) is 0 Å². The molecular formula is C84H71BN4. The molecule has 0 unspecified atom stereocenters. The zero-order chi connectivity index (χ0) is 60.3. The van der Waals surface area contributed by atoms with E-state index in [1.165, 1.54) is 133 Å². The van der Waals surface area contributed by atoms with Crippen LogP contribution in [0.4, 0.5) is 34.1 Å². The maximum atomic E-state index is 2.72. The number of benzene rings is 12. The van der Waals surface area contributed by atoms with Crippen molar-refractivity contribution in [2.24, 2.45) is 0 Å². The van der Waals surface area contributed by atoms with Gasteiger partial charge in [0.05, 0.1) is 27.8 Å². The fraction of sp³-hybridized carbons (Fsp3) is 0.143. The van der Waals surface area contributed by atoms with E-state index in [9.17, 15) is 0 Å². The first kappa shape index (κ1) is 54.3. The number of aromatic nitrogens is 2. The molecule has 430 valence electrons. The van der Waals surface area contributed by atoms with Gasteiger partial charge in [0.15, 0.2) is 0 Å². The van der Waals surface area contributed by atoms with E-state index in [4.69, 9.17) is 0 Å². The van der Waals surface area contributed by atoms with Crippen LogP contribution in [0, 0.1) is 0 Å². The Labute approximate surface area is 523 Å². The molecule has 89 heavy (non-hydrogen) atoms. The molecule has 0 atom stereocenters. The zero-order valence-corrected chi connectivity index (χ0v) is 51.9. The number of nitrogens with zero attached hydrogens (tertiary/aromatic N) is 4. The molecule has 0 saturated heterocycles. The highest BCUT2D eigenvalue weighted by Crippen LogP contribution is 2.53. The first-order valence-electron chi connectivity index (χ1n) is 31.9. The van der Waals surface area contributed by atoms with E-state index in [0.717, 1.165) is 42.0 Å². The molecule has 2 aromatic heterocycles. The number of anilines is 6. The molecule has 4 nitrogen and oxygen atoms in total. The molecule has 0 aliphatic carbocycles. The van der Waals surface area contributed by atoms with E-state index in [1.807, 2.05) is 0 Å². The third kappa shape index (κ3) is 8.87. The fourth-order valence-electron chi connectivity index (χ4n) is 14.7. The summed E-state index contributed by atoms with van der Waals surface area (Å²) in [6.45, 7) is 16.4. The number of unbranched alkanes of at least 4 members (excludes halogenated alkanes) is 1. The Morgan fingerprint density at radius 3 is 1.19 bits per heavy atom. The normalized spacial score (nSPS) is 13.0. The summed E-state index contributed by atoms with van der Waals surface area (Å²) in [5, 5.41) is 4.99. The van der Waals surface area contributed by atoms with Gasteiger partial charge in [-0.2, -0.15) is 0 Å². The van der Waals surface area contributed by atoms with Crippen LogP contribution in [-0.2, 0) is 17.3 Å². The standard InChI is InChI=1S/C84H71BN4/c1-8-9-27-58-42-43-59(55-28-13-10-14-29-55)48-76(58)88-77-53-62(86-72-38-23-19-34-64(72)65-35-20-24-39-73(65)86)44-46-70(77)85-71-47-45-63(87-74-40-25-21-36-66(74)67-37-22-26-41-75(67)87)54-78(71)89(80-52-61(84(5,6)7)51-79(88)81(80)85)82-68(56-30-15-11-16-31-56)49-60(83(2,3)4)50-69(82)57-32-17-12-18-33-57/h10-26,28-54H,8-9,27H2,1-7H3. The summed E-state index contributed by atoms with van der Waals surface area (Å²) in [5.41, 5.74) is 28.6. The first-order valence-corrected chi connectivity index (χ1v) is 31.9. The molecule has 4 heterocycles. The third-order valence-electron chi connectivity index (χ3n) is 19.2. The van der Waals surface area contributed by atoms with E-state index >= 15 is 0 Å². The lowest BCUT2D eigenvalue weighted by atomic mass is 9.33. The van der Waals surface area contributed by atoms with Gasteiger partial charge in [0, 0.05) is 72.5 Å². The van der Waals surface area contributed by atoms with Gasteiger partial charge in [-0.15, -0.1) is 0 Å². The molecule has 0 saturated carbocycles. The monoisotopic (exact) mass is 1150 g/mol. The predicted molar refractivity (Wildman–Crippen MR) is 381 cm³/mol.